The minimum absolute atomic E-state index is 1.17. The van der Waals surface area contributed by atoms with Gasteiger partial charge in [0.05, 0.1) is 44.1 Å². The molecule has 18 aromatic carbocycles. The molecule has 0 saturated carbocycles. The fourth-order valence-electron chi connectivity index (χ4n) is 16.9. The minimum atomic E-state index is 1.17. The third-order valence-electron chi connectivity index (χ3n) is 21.8. The van der Waals surface area contributed by atoms with E-state index in [0.717, 1.165) is 0 Å². The van der Waals surface area contributed by atoms with Gasteiger partial charge in [0.1, 0.15) is 0 Å². The van der Waals surface area contributed by atoms with Crippen LogP contribution in [-0.4, -0.2) is 18.3 Å². The number of hydrogen-bond donors (Lipinski definition) is 0. The molecule has 4 heterocycles. The lowest BCUT2D eigenvalue weighted by molar-refractivity contribution is 1.18. The first-order valence-electron chi connectivity index (χ1n) is 35.9. The first-order valence-corrected chi connectivity index (χ1v) is 35.9. The van der Waals surface area contributed by atoms with Crippen molar-refractivity contribution in [3.8, 4) is 67.3 Å². The van der Waals surface area contributed by atoms with Gasteiger partial charge < -0.3 is 18.3 Å². The van der Waals surface area contributed by atoms with Crippen LogP contribution in [0.1, 0.15) is 0 Å². The summed E-state index contributed by atoms with van der Waals surface area (Å²) in [7, 11) is 0. The highest BCUT2D eigenvalue weighted by atomic mass is 15.0. The van der Waals surface area contributed by atoms with Crippen molar-refractivity contribution < 1.29 is 0 Å². The average molecular weight is 1320 g/mol. The van der Waals surface area contributed by atoms with Crippen molar-refractivity contribution in [3.63, 3.8) is 0 Å². The third-order valence-corrected chi connectivity index (χ3v) is 21.8. The zero-order valence-corrected chi connectivity index (χ0v) is 56.7. The van der Waals surface area contributed by atoms with Crippen molar-refractivity contribution in [1.29, 1.82) is 0 Å². The molecule has 0 N–H and O–H groups in total. The van der Waals surface area contributed by atoms with Gasteiger partial charge in [0, 0.05) is 71.2 Å². The molecule has 0 atom stereocenters. The Morgan fingerprint density at radius 3 is 0.933 bits per heavy atom. The largest absolute Gasteiger partial charge is 0.309 e. The molecule has 4 aromatic heterocycles. The quantitative estimate of drug-likeness (QED) is 0.144. The summed E-state index contributed by atoms with van der Waals surface area (Å²) in [5, 5.41) is 20.3. The molecular formula is C100H64N4. The van der Waals surface area contributed by atoms with Gasteiger partial charge in [-0.1, -0.05) is 273 Å². The molecule has 0 aliphatic rings. The molecule has 0 bridgehead atoms. The molecule has 4 heteroatoms. The summed E-state index contributed by atoms with van der Waals surface area (Å²) in [6, 6.07) is 142. The van der Waals surface area contributed by atoms with Crippen molar-refractivity contribution in [1.82, 2.24) is 18.3 Å². The predicted octanol–water partition coefficient (Wildman–Crippen LogP) is 27.0. The van der Waals surface area contributed by atoms with Crippen molar-refractivity contribution in [3.05, 3.63) is 388 Å². The smallest absolute Gasteiger partial charge is 0.0619 e. The van der Waals surface area contributed by atoms with Crippen molar-refractivity contribution in [2.45, 2.75) is 0 Å². The van der Waals surface area contributed by atoms with E-state index < -0.39 is 0 Å². The van der Waals surface area contributed by atoms with Gasteiger partial charge in [-0.15, -0.1) is 0 Å². The molecular weight excluding hydrogens is 1260 g/mol. The minimum Gasteiger partial charge on any atom is -0.309 e. The predicted molar refractivity (Wildman–Crippen MR) is 442 cm³/mol. The van der Waals surface area contributed by atoms with Gasteiger partial charge in [-0.2, -0.15) is 0 Å². The Morgan fingerprint density at radius 1 is 0.135 bits per heavy atom. The molecule has 484 valence electrons. The Labute approximate surface area is 600 Å². The average Bonchev–Trinajstić information content (AvgIpc) is 1.58. The van der Waals surface area contributed by atoms with Crippen LogP contribution < -0.4 is 0 Å². The van der Waals surface area contributed by atoms with Gasteiger partial charge in [-0.25, -0.2) is 0 Å². The summed E-state index contributed by atoms with van der Waals surface area (Å²) in [5.41, 5.74) is 24.2. The Hall–Kier alpha value is -13.8. The van der Waals surface area contributed by atoms with E-state index in [0.29, 0.717) is 0 Å². The maximum absolute atomic E-state index is 2.42. The lowest BCUT2D eigenvalue weighted by atomic mass is 9.97. The Balaban J connectivity index is 0.000000134. The summed E-state index contributed by atoms with van der Waals surface area (Å²) in [5.74, 6) is 0. The zero-order chi connectivity index (χ0) is 68.3. The van der Waals surface area contributed by atoms with E-state index in [4.69, 9.17) is 0 Å². The Kier molecular flexibility index (Phi) is 13.6. The number of rotatable bonds is 8. The molecule has 22 rings (SSSR count). The van der Waals surface area contributed by atoms with Crippen LogP contribution in [0.5, 0.6) is 0 Å². The Bertz CT molecular complexity index is 6960. The normalized spacial score (nSPS) is 11.8. The summed E-state index contributed by atoms with van der Waals surface area (Å²) < 4.78 is 9.63. The monoisotopic (exact) mass is 1320 g/mol. The van der Waals surface area contributed by atoms with Gasteiger partial charge in [-0.3, -0.25) is 0 Å². The van der Waals surface area contributed by atoms with E-state index in [1.807, 2.05) is 0 Å². The van der Waals surface area contributed by atoms with Crippen LogP contribution in [0.3, 0.4) is 0 Å². The van der Waals surface area contributed by atoms with Gasteiger partial charge >= 0.3 is 0 Å². The Morgan fingerprint density at radius 2 is 0.442 bits per heavy atom. The van der Waals surface area contributed by atoms with Crippen LogP contribution in [-0.2, 0) is 0 Å². The fourth-order valence-corrected chi connectivity index (χ4v) is 16.9. The van der Waals surface area contributed by atoms with E-state index in [9.17, 15) is 0 Å². The third kappa shape index (κ3) is 9.54. The van der Waals surface area contributed by atoms with Crippen LogP contribution in [0.2, 0.25) is 0 Å². The summed E-state index contributed by atoms with van der Waals surface area (Å²) in [6.45, 7) is 0. The van der Waals surface area contributed by atoms with Crippen LogP contribution in [0.25, 0.3) is 198 Å². The maximum Gasteiger partial charge on any atom is 0.0619 e. The first kappa shape index (κ1) is 59.1. The zero-order valence-electron chi connectivity index (χ0n) is 56.7. The summed E-state index contributed by atoms with van der Waals surface area (Å²) >= 11 is 0. The number of para-hydroxylation sites is 4. The van der Waals surface area contributed by atoms with E-state index in [1.54, 1.807) is 0 Å². The van der Waals surface area contributed by atoms with Crippen LogP contribution in [0.15, 0.2) is 388 Å². The van der Waals surface area contributed by atoms with E-state index in [1.165, 1.54) is 198 Å². The highest BCUT2D eigenvalue weighted by molar-refractivity contribution is 6.24. The molecule has 0 radical (unpaired) electrons. The van der Waals surface area contributed by atoms with E-state index >= 15 is 0 Å². The maximum atomic E-state index is 2.42. The second-order valence-electron chi connectivity index (χ2n) is 27.5. The molecule has 0 spiro atoms. The van der Waals surface area contributed by atoms with E-state index in [2.05, 4.69) is 407 Å². The molecule has 0 saturated heterocycles. The van der Waals surface area contributed by atoms with Gasteiger partial charge in [-0.05, 0) is 197 Å². The first-order chi connectivity index (χ1) is 51.6. The highest BCUT2D eigenvalue weighted by Crippen LogP contribution is 2.44. The summed E-state index contributed by atoms with van der Waals surface area (Å²) in [4.78, 5) is 0. The van der Waals surface area contributed by atoms with Gasteiger partial charge in [0.2, 0.25) is 0 Å². The number of nitrogens with zero attached hydrogens (tertiary/aromatic N) is 4. The molecule has 0 aliphatic carbocycles. The number of benzene rings is 18. The highest BCUT2D eigenvalue weighted by Gasteiger charge is 2.21. The molecule has 22 aromatic rings. The van der Waals surface area contributed by atoms with Gasteiger partial charge in [0.15, 0.2) is 0 Å². The fraction of sp³-hybridized carbons (Fsp3) is 0. The molecule has 0 fully saturated rings. The molecule has 0 unspecified atom stereocenters. The second kappa shape index (κ2) is 24.0. The standard InChI is InChI=1S/2C50H32N2/c1-3-13-39(14-4-1)51-45-27-25-37(31-43(45)49-41-17-9-7-11-35(41)23-29-47(49)51)33-19-21-34(22-20-33)38-26-28-46-44(32-38)50-42-18-10-8-12-36(42)24-30-48(50)52(46)40-15-5-2-6-16-40;1-2-13-40(14-3-1)52-49-29-25-39(32-46(49)44-27-23-36-11-6-7-15-42(36)50(44)52)35-20-18-34(19-21-35)38-24-28-48-45(31-38)43-16-8-9-17-47(43)51(48)41-26-22-33-10-4-5-12-37(33)30-41/h2*1-32H. The SMILES string of the molecule is c1ccc(-n2c3ccc(-c4ccc(-c5ccc6c(c5)c5c7ccccc7ccc5n6-c5ccccc5)cc4)cc3c3c4ccccc4ccc32)cc1.c1ccc(-n2c3ccc(-c4ccc(-c5ccc6c(c5)c5ccccc5n6-c5ccc6ccccc6c5)cc4)cc3c3ccc4ccccc4c32)cc1. The number of fused-ring (bicyclic) bond motifs is 19. The second-order valence-corrected chi connectivity index (χ2v) is 27.5. The molecule has 0 aliphatic heterocycles. The van der Waals surface area contributed by atoms with Gasteiger partial charge in [0.25, 0.3) is 0 Å². The molecule has 0 amide bonds. The van der Waals surface area contributed by atoms with Crippen molar-refractivity contribution in [2.75, 3.05) is 0 Å². The van der Waals surface area contributed by atoms with Crippen molar-refractivity contribution >= 4 is 130 Å². The summed E-state index contributed by atoms with van der Waals surface area (Å²) in [6.07, 6.45) is 0. The number of hydrogen-bond acceptors (Lipinski definition) is 0. The topological polar surface area (TPSA) is 19.7 Å². The van der Waals surface area contributed by atoms with Crippen molar-refractivity contribution in [2.24, 2.45) is 0 Å². The lowest BCUT2D eigenvalue weighted by Crippen LogP contribution is -1.94. The lowest BCUT2D eigenvalue weighted by Gasteiger charge is -2.10. The molecule has 4 nitrogen and oxygen atoms in total. The van der Waals surface area contributed by atoms with Crippen LogP contribution in [0.4, 0.5) is 0 Å². The van der Waals surface area contributed by atoms with Crippen LogP contribution >= 0.6 is 0 Å². The van der Waals surface area contributed by atoms with E-state index in [-0.39, 0.29) is 0 Å². The molecule has 104 heavy (non-hydrogen) atoms. The number of aromatic nitrogens is 4. The van der Waals surface area contributed by atoms with Crippen LogP contribution in [0, 0.1) is 0 Å².